The van der Waals surface area contributed by atoms with Crippen LogP contribution in [0.5, 0.6) is 0 Å². The first kappa shape index (κ1) is 13.1. The summed E-state index contributed by atoms with van der Waals surface area (Å²) in [7, 11) is 0. The van der Waals surface area contributed by atoms with Gasteiger partial charge < -0.3 is 4.74 Å². The van der Waals surface area contributed by atoms with Crippen LogP contribution >= 0.6 is 0 Å². The number of nitrogens with one attached hydrogen (secondary N) is 1. The minimum Gasteiger partial charge on any atom is -0.460 e. The van der Waals surface area contributed by atoms with Gasteiger partial charge in [-0.15, -0.1) is 0 Å². The van der Waals surface area contributed by atoms with Crippen LogP contribution < -0.4 is 10.4 Å². The molecule has 1 amide bonds. The van der Waals surface area contributed by atoms with Gasteiger partial charge in [0.2, 0.25) is 5.91 Å². The van der Waals surface area contributed by atoms with E-state index in [9.17, 15) is 14.4 Å². The molecule has 1 aliphatic rings. The van der Waals surface area contributed by atoms with Crippen molar-refractivity contribution in [1.29, 1.82) is 0 Å². The largest absolute Gasteiger partial charge is 0.460 e. The van der Waals surface area contributed by atoms with Crippen molar-refractivity contribution in [3.05, 3.63) is 29.8 Å². The summed E-state index contributed by atoms with van der Waals surface area (Å²) >= 11 is 0. The normalized spacial score (nSPS) is 14.2. The van der Waals surface area contributed by atoms with Gasteiger partial charge in [0.1, 0.15) is 0 Å². The van der Waals surface area contributed by atoms with Gasteiger partial charge >= 0.3 is 5.97 Å². The van der Waals surface area contributed by atoms with Crippen LogP contribution in [-0.4, -0.2) is 30.8 Å². The van der Waals surface area contributed by atoms with Crippen LogP contribution in [0.2, 0.25) is 0 Å². The van der Waals surface area contributed by atoms with Crippen molar-refractivity contribution in [3.63, 3.8) is 0 Å². The van der Waals surface area contributed by atoms with Gasteiger partial charge in [-0.25, -0.2) is 4.79 Å². The molecule has 19 heavy (non-hydrogen) atoms. The third-order valence-corrected chi connectivity index (χ3v) is 2.70. The van der Waals surface area contributed by atoms with E-state index in [4.69, 9.17) is 0 Å². The lowest BCUT2D eigenvalue weighted by atomic mass is 10.1. The molecule has 0 radical (unpaired) electrons. The Morgan fingerprint density at radius 2 is 2.21 bits per heavy atom. The number of esters is 1. The Morgan fingerprint density at radius 1 is 1.42 bits per heavy atom. The molecule has 0 atom stereocenters. The van der Waals surface area contributed by atoms with E-state index in [2.05, 4.69) is 10.2 Å². The topological polar surface area (TPSA) is 75.7 Å². The summed E-state index contributed by atoms with van der Waals surface area (Å²) in [6.45, 7) is 2.34. The SMILES string of the molecule is CCOC(=O)C(=O)c1cccc(N2CCC(=O)N2)c1. The second kappa shape index (κ2) is 5.51. The number of Topliss-reactive ketones (excluding diaryl/α,β-unsaturated/α-hetero) is 1. The first-order chi connectivity index (χ1) is 9.11. The Kier molecular flexibility index (Phi) is 3.79. The summed E-state index contributed by atoms with van der Waals surface area (Å²) in [6.07, 6.45) is 0.413. The predicted molar refractivity (Wildman–Crippen MR) is 67.5 cm³/mol. The van der Waals surface area contributed by atoms with Gasteiger partial charge in [0.15, 0.2) is 0 Å². The van der Waals surface area contributed by atoms with E-state index >= 15 is 0 Å². The molecule has 0 aromatic heterocycles. The van der Waals surface area contributed by atoms with E-state index in [0.717, 1.165) is 0 Å². The molecule has 0 aliphatic carbocycles. The van der Waals surface area contributed by atoms with Gasteiger partial charge in [-0.05, 0) is 19.1 Å². The van der Waals surface area contributed by atoms with Gasteiger partial charge in [-0.1, -0.05) is 12.1 Å². The van der Waals surface area contributed by atoms with Crippen LogP contribution in [0.15, 0.2) is 24.3 Å². The molecule has 1 saturated heterocycles. The van der Waals surface area contributed by atoms with Crippen molar-refractivity contribution < 1.29 is 19.1 Å². The highest BCUT2D eigenvalue weighted by Crippen LogP contribution is 2.18. The van der Waals surface area contributed by atoms with E-state index in [1.165, 1.54) is 0 Å². The van der Waals surface area contributed by atoms with E-state index < -0.39 is 11.8 Å². The van der Waals surface area contributed by atoms with Gasteiger partial charge in [0, 0.05) is 18.5 Å². The summed E-state index contributed by atoms with van der Waals surface area (Å²) in [5.41, 5.74) is 3.57. The molecule has 1 fully saturated rings. The molecular formula is C13H14N2O4. The Morgan fingerprint density at radius 3 is 2.84 bits per heavy atom. The average Bonchev–Trinajstić information content (AvgIpc) is 2.85. The molecule has 2 rings (SSSR count). The van der Waals surface area contributed by atoms with E-state index in [-0.39, 0.29) is 18.1 Å². The van der Waals surface area contributed by atoms with Crippen molar-refractivity contribution in [2.75, 3.05) is 18.2 Å². The number of hydrogen-bond donors (Lipinski definition) is 1. The first-order valence-corrected chi connectivity index (χ1v) is 6.00. The number of carbonyl (C=O) groups is 3. The van der Waals surface area contributed by atoms with Crippen molar-refractivity contribution in [3.8, 4) is 0 Å². The standard InChI is InChI=1S/C13H14N2O4/c1-2-19-13(18)12(17)9-4-3-5-10(8-9)15-7-6-11(16)14-15/h3-5,8H,2,6-7H2,1H3,(H,14,16). The fourth-order valence-corrected chi connectivity index (χ4v) is 1.80. The van der Waals surface area contributed by atoms with Crippen LogP contribution in [0.4, 0.5) is 5.69 Å². The van der Waals surface area contributed by atoms with Crippen LogP contribution in [0.3, 0.4) is 0 Å². The molecule has 0 spiro atoms. The van der Waals surface area contributed by atoms with Crippen molar-refractivity contribution in [1.82, 2.24) is 5.43 Å². The number of hydrazine groups is 1. The average molecular weight is 262 g/mol. The van der Waals surface area contributed by atoms with E-state index in [1.807, 2.05) is 0 Å². The Bertz CT molecular complexity index is 527. The predicted octanol–water partition coefficient (Wildman–Crippen LogP) is 0.674. The molecule has 0 saturated carbocycles. The molecular weight excluding hydrogens is 248 g/mol. The summed E-state index contributed by atoms with van der Waals surface area (Å²) in [5, 5.41) is 1.64. The Balaban J connectivity index is 2.17. The minimum absolute atomic E-state index is 0.0675. The summed E-state index contributed by atoms with van der Waals surface area (Å²) < 4.78 is 4.67. The number of ether oxygens (including phenoxy) is 1. The van der Waals surface area contributed by atoms with Crippen LogP contribution in [0, 0.1) is 0 Å². The smallest absolute Gasteiger partial charge is 0.379 e. The maximum absolute atomic E-state index is 11.8. The maximum Gasteiger partial charge on any atom is 0.379 e. The molecule has 0 unspecified atom stereocenters. The molecule has 1 aromatic carbocycles. The maximum atomic E-state index is 11.8. The molecule has 1 heterocycles. The van der Waals surface area contributed by atoms with Gasteiger partial charge in [0.05, 0.1) is 12.3 Å². The third-order valence-electron chi connectivity index (χ3n) is 2.70. The minimum atomic E-state index is -0.870. The van der Waals surface area contributed by atoms with Crippen molar-refractivity contribution in [2.45, 2.75) is 13.3 Å². The molecule has 100 valence electrons. The number of rotatable bonds is 4. The second-order valence-electron chi connectivity index (χ2n) is 4.04. The van der Waals surface area contributed by atoms with E-state index in [1.54, 1.807) is 36.2 Å². The molecule has 1 aliphatic heterocycles. The van der Waals surface area contributed by atoms with Crippen LogP contribution in [-0.2, 0) is 14.3 Å². The monoisotopic (exact) mass is 262 g/mol. The number of benzene rings is 1. The molecule has 1 N–H and O–H groups in total. The van der Waals surface area contributed by atoms with Gasteiger partial charge in [0.25, 0.3) is 5.78 Å². The van der Waals surface area contributed by atoms with Crippen molar-refractivity contribution >= 4 is 23.3 Å². The van der Waals surface area contributed by atoms with E-state index in [0.29, 0.717) is 18.7 Å². The zero-order valence-electron chi connectivity index (χ0n) is 10.5. The number of carbonyl (C=O) groups excluding carboxylic acids is 3. The van der Waals surface area contributed by atoms with Crippen LogP contribution in [0.1, 0.15) is 23.7 Å². The van der Waals surface area contributed by atoms with Crippen LogP contribution in [0.25, 0.3) is 0 Å². The summed E-state index contributed by atoms with van der Waals surface area (Å²) in [6, 6.07) is 6.52. The highest BCUT2D eigenvalue weighted by atomic mass is 16.5. The number of anilines is 1. The quantitative estimate of drug-likeness (QED) is 0.490. The van der Waals surface area contributed by atoms with Crippen molar-refractivity contribution in [2.24, 2.45) is 0 Å². The lowest BCUT2D eigenvalue weighted by molar-refractivity contribution is -0.137. The Hall–Kier alpha value is -2.37. The molecule has 1 aromatic rings. The number of nitrogens with zero attached hydrogens (tertiary/aromatic N) is 1. The zero-order chi connectivity index (χ0) is 13.8. The lowest BCUT2D eigenvalue weighted by Crippen LogP contribution is -2.33. The molecule has 0 bridgehead atoms. The fourth-order valence-electron chi connectivity index (χ4n) is 1.80. The van der Waals surface area contributed by atoms with Gasteiger partial charge in [-0.3, -0.25) is 20.0 Å². The number of ketones is 1. The molecule has 6 heteroatoms. The zero-order valence-corrected chi connectivity index (χ0v) is 10.5. The fraction of sp³-hybridized carbons (Fsp3) is 0.308. The molecule has 6 nitrogen and oxygen atoms in total. The van der Waals surface area contributed by atoms with Gasteiger partial charge in [-0.2, -0.15) is 0 Å². The highest BCUT2D eigenvalue weighted by Gasteiger charge is 2.21. The first-order valence-electron chi connectivity index (χ1n) is 6.00. The highest BCUT2D eigenvalue weighted by molar-refractivity contribution is 6.40. The Labute approximate surface area is 110 Å². The second-order valence-corrected chi connectivity index (χ2v) is 4.04. The third kappa shape index (κ3) is 2.90. The number of amides is 1. The lowest BCUT2D eigenvalue weighted by Gasteiger charge is -2.17. The summed E-state index contributed by atoms with van der Waals surface area (Å²) in [4.78, 5) is 34.3. The number of hydrogen-bond acceptors (Lipinski definition) is 5. The summed E-state index contributed by atoms with van der Waals surface area (Å²) in [5.74, 6) is -1.62.